The van der Waals surface area contributed by atoms with Crippen molar-refractivity contribution in [3.8, 4) is 0 Å². The van der Waals surface area contributed by atoms with Crippen LogP contribution < -0.4 is 0 Å². The summed E-state index contributed by atoms with van der Waals surface area (Å²) in [7, 11) is 0. The minimum absolute atomic E-state index is 0.393. The van der Waals surface area contributed by atoms with E-state index in [1.807, 2.05) is 6.92 Å². The molecule has 0 amide bonds. The van der Waals surface area contributed by atoms with Crippen molar-refractivity contribution >= 4 is 5.97 Å². The number of carbonyl (C=O) groups is 1. The number of aryl methyl sites for hydroxylation is 1. The van der Waals surface area contributed by atoms with Crippen molar-refractivity contribution in [1.82, 2.24) is 9.78 Å². The zero-order chi connectivity index (χ0) is 13.2. The van der Waals surface area contributed by atoms with Crippen molar-refractivity contribution in [3.63, 3.8) is 0 Å². The van der Waals surface area contributed by atoms with E-state index in [1.54, 1.807) is 24.0 Å². The minimum atomic E-state index is -0.962. The second-order valence-corrected chi connectivity index (χ2v) is 5.30. The molecule has 2 heterocycles. The molecule has 1 N–H and O–H groups in total. The maximum atomic E-state index is 11.6. The molecule has 1 fully saturated rings. The fourth-order valence-corrected chi connectivity index (χ4v) is 2.47. The molecule has 1 atom stereocenters. The van der Waals surface area contributed by atoms with E-state index in [0.29, 0.717) is 12.3 Å². The SMILES string of the molecule is Cc1cnn(C(C)(CC2CCOCC2)C(=O)O)c1. The lowest BCUT2D eigenvalue weighted by Gasteiger charge is -2.31. The van der Waals surface area contributed by atoms with Crippen LogP contribution in [-0.4, -0.2) is 34.1 Å². The lowest BCUT2D eigenvalue weighted by molar-refractivity contribution is -0.148. The van der Waals surface area contributed by atoms with E-state index in [1.165, 1.54) is 0 Å². The first-order valence-electron chi connectivity index (χ1n) is 6.35. The number of hydrogen-bond acceptors (Lipinski definition) is 3. The predicted molar refractivity (Wildman–Crippen MR) is 66.4 cm³/mol. The van der Waals surface area contributed by atoms with Crippen LogP contribution in [0.25, 0.3) is 0 Å². The van der Waals surface area contributed by atoms with Gasteiger partial charge in [-0.3, -0.25) is 4.68 Å². The Bertz CT molecular complexity index is 424. The standard InChI is InChI=1S/C13H20N2O3/c1-10-8-14-15(9-10)13(2,12(16)17)7-11-3-5-18-6-4-11/h8-9,11H,3-7H2,1-2H3,(H,16,17). The molecule has 1 aromatic rings. The summed E-state index contributed by atoms with van der Waals surface area (Å²) >= 11 is 0. The van der Waals surface area contributed by atoms with Gasteiger partial charge in [0, 0.05) is 19.4 Å². The average Bonchev–Trinajstić information content (AvgIpc) is 2.77. The number of carboxylic acid groups (broad SMARTS) is 1. The highest BCUT2D eigenvalue weighted by Crippen LogP contribution is 2.30. The van der Waals surface area contributed by atoms with Gasteiger partial charge in [-0.25, -0.2) is 4.79 Å². The van der Waals surface area contributed by atoms with Crippen LogP contribution in [0.3, 0.4) is 0 Å². The second kappa shape index (κ2) is 5.10. The fourth-order valence-electron chi connectivity index (χ4n) is 2.47. The van der Waals surface area contributed by atoms with Gasteiger partial charge in [-0.15, -0.1) is 0 Å². The van der Waals surface area contributed by atoms with E-state index in [4.69, 9.17) is 4.74 Å². The van der Waals surface area contributed by atoms with Gasteiger partial charge in [-0.05, 0) is 44.6 Å². The van der Waals surface area contributed by atoms with Gasteiger partial charge < -0.3 is 9.84 Å². The maximum Gasteiger partial charge on any atom is 0.331 e. The molecule has 100 valence electrons. The molecule has 0 saturated carbocycles. The Labute approximate surface area is 107 Å². The highest BCUT2D eigenvalue weighted by atomic mass is 16.5. The van der Waals surface area contributed by atoms with Crippen LogP contribution in [0.1, 0.15) is 31.7 Å². The number of carboxylic acids is 1. The summed E-state index contributed by atoms with van der Waals surface area (Å²) in [6, 6.07) is 0. The first kappa shape index (κ1) is 13.1. The quantitative estimate of drug-likeness (QED) is 0.887. The van der Waals surface area contributed by atoms with Gasteiger partial charge in [0.25, 0.3) is 0 Å². The summed E-state index contributed by atoms with van der Waals surface area (Å²) in [6.07, 6.45) is 5.97. The van der Waals surface area contributed by atoms with Crippen molar-refractivity contribution < 1.29 is 14.6 Å². The summed E-state index contributed by atoms with van der Waals surface area (Å²) in [5, 5.41) is 13.7. The molecule has 0 aromatic carbocycles. The van der Waals surface area contributed by atoms with Crippen LogP contribution in [-0.2, 0) is 15.1 Å². The third-order valence-corrected chi connectivity index (χ3v) is 3.71. The normalized spacial score (nSPS) is 20.6. The van der Waals surface area contributed by atoms with Crippen LogP contribution in [0.5, 0.6) is 0 Å². The third kappa shape index (κ3) is 2.56. The van der Waals surface area contributed by atoms with Gasteiger partial charge in [-0.2, -0.15) is 5.10 Å². The number of rotatable bonds is 4. The van der Waals surface area contributed by atoms with E-state index in [-0.39, 0.29) is 0 Å². The number of nitrogens with zero attached hydrogens (tertiary/aromatic N) is 2. The fraction of sp³-hybridized carbons (Fsp3) is 0.692. The van der Waals surface area contributed by atoms with Crippen LogP contribution in [0.2, 0.25) is 0 Å². The smallest absolute Gasteiger partial charge is 0.331 e. The van der Waals surface area contributed by atoms with Gasteiger partial charge in [0.15, 0.2) is 5.54 Å². The summed E-state index contributed by atoms with van der Waals surface area (Å²) < 4.78 is 6.90. The highest BCUT2D eigenvalue weighted by molar-refractivity contribution is 5.76. The maximum absolute atomic E-state index is 11.6. The Hall–Kier alpha value is -1.36. The Morgan fingerprint density at radius 3 is 2.78 bits per heavy atom. The van der Waals surface area contributed by atoms with Crippen LogP contribution in [0.4, 0.5) is 0 Å². The first-order chi connectivity index (χ1) is 8.52. The molecule has 1 aliphatic rings. The molecule has 18 heavy (non-hydrogen) atoms. The lowest BCUT2D eigenvalue weighted by atomic mass is 9.85. The van der Waals surface area contributed by atoms with Gasteiger partial charge >= 0.3 is 5.97 Å². The summed E-state index contributed by atoms with van der Waals surface area (Å²) in [5.74, 6) is -0.429. The Morgan fingerprint density at radius 2 is 2.28 bits per heavy atom. The van der Waals surface area contributed by atoms with Gasteiger partial charge in [0.2, 0.25) is 0 Å². The molecule has 1 unspecified atom stereocenters. The topological polar surface area (TPSA) is 64.4 Å². The summed E-state index contributed by atoms with van der Waals surface area (Å²) in [4.78, 5) is 11.6. The Morgan fingerprint density at radius 1 is 1.61 bits per heavy atom. The average molecular weight is 252 g/mol. The lowest BCUT2D eigenvalue weighted by Crippen LogP contribution is -2.42. The van der Waals surface area contributed by atoms with Gasteiger partial charge in [0.05, 0.1) is 6.20 Å². The van der Waals surface area contributed by atoms with Gasteiger partial charge in [-0.1, -0.05) is 0 Å². The largest absolute Gasteiger partial charge is 0.479 e. The summed E-state index contributed by atoms with van der Waals surface area (Å²) in [5.41, 5.74) is 0.0189. The van der Waals surface area contributed by atoms with E-state index in [0.717, 1.165) is 31.6 Å². The van der Waals surface area contributed by atoms with E-state index in [2.05, 4.69) is 5.10 Å². The zero-order valence-electron chi connectivity index (χ0n) is 10.9. The molecule has 0 bridgehead atoms. The molecule has 5 nitrogen and oxygen atoms in total. The molecule has 5 heteroatoms. The predicted octanol–water partition coefficient (Wildman–Crippen LogP) is 1.81. The first-order valence-corrected chi connectivity index (χ1v) is 6.35. The second-order valence-electron chi connectivity index (χ2n) is 5.30. The highest BCUT2D eigenvalue weighted by Gasteiger charge is 2.38. The Balaban J connectivity index is 2.18. The molecule has 0 aliphatic carbocycles. The van der Waals surface area contributed by atoms with E-state index < -0.39 is 11.5 Å². The third-order valence-electron chi connectivity index (χ3n) is 3.71. The molecule has 0 spiro atoms. The van der Waals surface area contributed by atoms with Crippen LogP contribution in [0.15, 0.2) is 12.4 Å². The van der Waals surface area contributed by atoms with Crippen LogP contribution >= 0.6 is 0 Å². The number of aromatic nitrogens is 2. The van der Waals surface area contributed by atoms with Crippen molar-refractivity contribution in [2.75, 3.05) is 13.2 Å². The molecule has 1 aliphatic heterocycles. The van der Waals surface area contributed by atoms with E-state index >= 15 is 0 Å². The summed E-state index contributed by atoms with van der Waals surface area (Å²) in [6.45, 7) is 5.13. The minimum Gasteiger partial charge on any atom is -0.479 e. The molecule has 2 rings (SSSR count). The monoisotopic (exact) mass is 252 g/mol. The van der Waals surface area contributed by atoms with Crippen LogP contribution in [0, 0.1) is 12.8 Å². The molecular formula is C13H20N2O3. The van der Waals surface area contributed by atoms with E-state index in [9.17, 15) is 9.90 Å². The Kier molecular flexibility index (Phi) is 3.71. The number of hydrogen-bond donors (Lipinski definition) is 1. The number of ether oxygens (including phenoxy) is 1. The molecular weight excluding hydrogens is 232 g/mol. The van der Waals surface area contributed by atoms with Crippen molar-refractivity contribution in [1.29, 1.82) is 0 Å². The zero-order valence-corrected chi connectivity index (χ0v) is 10.9. The van der Waals surface area contributed by atoms with Crippen molar-refractivity contribution in [2.45, 2.75) is 38.6 Å². The van der Waals surface area contributed by atoms with Crippen molar-refractivity contribution in [2.24, 2.45) is 5.92 Å². The van der Waals surface area contributed by atoms with Gasteiger partial charge in [0.1, 0.15) is 0 Å². The van der Waals surface area contributed by atoms with Crippen molar-refractivity contribution in [3.05, 3.63) is 18.0 Å². The molecule has 0 radical (unpaired) electrons. The number of aliphatic carboxylic acids is 1. The molecule has 1 saturated heterocycles. The molecule has 1 aromatic heterocycles.